The van der Waals surface area contributed by atoms with Crippen molar-refractivity contribution in [1.29, 1.82) is 0 Å². The number of rotatable bonds is 3. The van der Waals surface area contributed by atoms with Crippen LogP contribution in [0.15, 0.2) is 36.4 Å². The molecule has 0 saturated heterocycles. The second-order valence-corrected chi connectivity index (χ2v) is 5.20. The average molecular weight is 288 g/mol. The van der Waals surface area contributed by atoms with Crippen LogP contribution in [0, 0.1) is 11.6 Å². The SMILES string of the molecule is NC(Cc1ccc(F)c(F)c1)c1ccc2c(c1)CC(=O)N2. The summed E-state index contributed by atoms with van der Waals surface area (Å²) in [5, 5.41) is 2.76. The minimum Gasteiger partial charge on any atom is -0.326 e. The number of hydrogen-bond donors (Lipinski definition) is 2. The van der Waals surface area contributed by atoms with Gasteiger partial charge in [0.05, 0.1) is 6.42 Å². The maximum absolute atomic E-state index is 13.2. The molecular weight excluding hydrogens is 274 g/mol. The van der Waals surface area contributed by atoms with Gasteiger partial charge in [-0.15, -0.1) is 0 Å². The summed E-state index contributed by atoms with van der Waals surface area (Å²) >= 11 is 0. The molecule has 0 aromatic heterocycles. The first-order chi connectivity index (χ1) is 10.0. The summed E-state index contributed by atoms with van der Waals surface area (Å²) in [5.41, 5.74) is 9.35. The maximum atomic E-state index is 13.2. The molecule has 0 aliphatic carbocycles. The molecule has 1 heterocycles. The molecule has 3 nitrogen and oxygen atoms in total. The van der Waals surface area contributed by atoms with E-state index in [1.807, 2.05) is 18.2 Å². The second-order valence-electron chi connectivity index (χ2n) is 5.20. The van der Waals surface area contributed by atoms with Gasteiger partial charge in [0.2, 0.25) is 5.91 Å². The molecule has 21 heavy (non-hydrogen) atoms. The van der Waals surface area contributed by atoms with Crippen molar-refractivity contribution in [3.8, 4) is 0 Å². The van der Waals surface area contributed by atoms with Crippen LogP contribution in [0.4, 0.5) is 14.5 Å². The van der Waals surface area contributed by atoms with E-state index in [0.717, 1.165) is 28.9 Å². The Kier molecular flexibility index (Phi) is 3.43. The molecule has 0 bridgehead atoms. The summed E-state index contributed by atoms with van der Waals surface area (Å²) in [7, 11) is 0. The lowest BCUT2D eigenvalue weighted by atomic mass is 9.97. The number of anilines is 1. The predicted octanol–water partition coefficient (Wildman–Crippen LogP) is 2.70. The zero-order chi connectivity index (χ0) is 15.0. The highest BCUT2D eigenvalue weighted by atomic mass is 19.2. The number of hydrogen-bond acceptors (Lipinski definition) is 2. The van der Waals surface area contributed by atoms with Crippen LogP contribution >= 0.6 is 0 Å². The van der Waals surface area contributed by atoms with Crippen LogP contribution in [0.3, 0.4) is 0 Å². The Balaban J connectivity index is 1.79. The van der Waals surface area contributed by atoms with Crippen molar-refractivity contribution in [2.75, 3.05) is 5.32 Å². The maximum Gasteiger partial charge on any atom is 0.228 e. The fourth-order valence-corrected chi connectivity index (χ4v) is 2.52. The number of halogens is 2. The van der Waals surface area contributed by atoms with Crippen molar-refractivity contribution in [3.63, 3.8) is 0 Å². The van der Waals surface area contributed by atoms with Gasteiger partial charge >= 0.3 is 0 Å². The van der Waals surface area contributed by atoms with E-state index in [-0.39, 0.29) is 11.9 Å². The summed E-state index contributed by atoms with van der Waals surface area (Å²) < 4.78 is 26.1. The molecule has 108 valence electrons. The fourth-order valence-electron chi connectivity index (χ4n) is 2.52. The largest absolute Gasteiger partial charge is 0.326 e. The van der Waals surface area contributed by atoms with Gasteiger partial charge in [-0.05, 0) is 41.3 Å². The Hall–Kier alpha value is -2.27. The zero-order valence-electron chi connectivity index (χ0n) is 11.2. The van der Waals surface area contributed by atoms with Gasteiger partial charge in [0.15, 0.2) is 11.6 Å². The van der Waals surface area contributed by atoms with Gasteiger partial charge in [-0.3, -0.25) is 4.79 Å². The fraction of sp³-hybridized carbons (Fsp3) is 0.188. The van der Waals surface area contributed by atoms with Crippen molar-refractivity contribution in [1.82, 2.24) is 0 Å². The molecule has 0 radical (unpaired) electrons. The van der Waals surface area contributed by atoms with Crippen LogP contribution in [0.5, 0.6) is 0 Å². The van der Waals surface area contributed by atoms with Gasteiger partial charge in [-0.1, -0.05) is 18.2 Å². The highest BCUT2D eigenvalue weighted by molar-refractivity contribution is 5.99. The van der Waals surface area contributed by atoms with Gasteiger partial charge < -0.3 is 11.1 Å². The number of nitrogens with two attached hydrogens (primary N) is 1. The molecule has 0 fully saturated rings. The van der Waals surface area contributed by atoms with E-state index in [2.05, 4.69) is 5.32 Å². The minimum absolute atomic E-state index is 0.0312. The lowest BCUT2D eigenvalue weighted by Crippen LogP contribution is -2.13. The predicted molar refractivity (Wildman–Crippen MR) is 75.8 cm³/mol. The number of amides is 1. The van der Waals surface area contributed by atoms with Gasteiger partial charge in [0, 0.05) is 11.7 Å². The molecule has 1 aliphatic heterocycles. The first kappa shape index (κ1) is 13.7. The molecule has 3 N–H and O–H groups in total. The lowest BCUT2D eigenvalue weighted by Gasteiger charge is -2.13. The van der Waals surface area contributed by atoms with Gasteiger partial charge in [0.1, 0.15) is 0 Å². The van der Waals surface area contributed by atoms with Crippen molar-refractivity contribution in [2.24, 2.45) is 5.73 Å². The Morgan fingerprint density at radius 2 is 1.95 bits per heavy atom. The van der Waals surface area contributed by atoms with Gasteiger partial charge in [-0.25, -0.2) is 8.78 Å². The highest BCUT2D eigenvalue weighted by Crippen LogP contribution is 2.27. The number of nitrogens with one attached hydrogen (secondary N) is 1. The summed E-state index contributed by atoms with van der Waals surface area (Å²) in [6.07, 6.45) is 0.748. The molecule has 3 rings (SSSR count). The second kappa shape index (κ2) is 5.26. The molecule has 1 unspecified atom stereocenters. The molecule has 0 saturated carbocycles. The van der Waals surface area contributed by atoms with Gasteiger partial charge in [0.25, 0.3) is 0 Å². The Morgan fingerprint density at radius 3 is 2.71 bits per heavy atom. The molecule has 1 amide bonds. The Bertz CT molecular complexity index is 715. The standard InChI is InChI=1S/C16H14F2N2O/c17-12-3-1-9(5-13(12)18)6-14(19)10-2-4-15-11(7-10)8-16(21)20-15/h1-5,7,14H,6,8,19H2,(H,20,21). The monoisotopic (exact) mass is 288 g/mol. The van der Waals surface area contributed by atoms with E-state index in [4.69, 9.17) is 5.73 Å². The van der Waals surface area contributed by atoms with Crippen molar-refractivity contribution in [2.45, 2.75) is 18.9 Å². The topological polar surface area (TPSA) is 55.1 Å². The zero-order valence-corrected chi connectivity index (χ0v) is 11.2. The molecule has 5 heteroatoms. The van der Waals surface area contributed by atoms with E-state index in [9.17, 15) is 13.6 Å². The van der Waals surface area contributed by atoms with Crippen LogP contribution in [0.25, 0.3) is 0 Å². The van der Waals surface area contributed by atoms with Crippen LogP contribution in [0.2, 0.25) is 0 Å². The minimum atomic E-state index is -0.872. The molecule has 0 spiro atoms. The number of benzene rings is 2. The van der Waals surface area contributed by atoms with Crippen molar-refractivity contribution in [3.05, 3.63) is 64.7 Å². The van der Waals surface area contributed by atoms with Crippen LogP contribution in [-0.2, 0) is 17.6 Å². The van der Waals surface area contributed by atoms with Crippen LogP contribution < -0.4 is 11.1 Å². The van der Waals surface area contributed by atoms with Crippen molar-refractivity contribution < 1.29 is 13.6 Å². The lowest BCUT2D eigenvalue weighted by molar-refractivity contribution is -0.115. The normalized spacial score (nSPS) is 14.7. The smallest absolute Gasteiger partial charge is 0.228 e. The van der Waals surface area contributed by atoms with E-state index in [1.54, 1.807) is 0 Å². The summed E-state index contributed by atoms with van der Waals surface area (Å²) in [6, 6.07) is 9.00. The third-order valence-electron chi connectivity index (χ3n) is 3.62. The molecule has 2 aromatic rings. The van der Waals surface area contributed by atoms with E-state index in [0.29, 0.717) is 18.4 Å². The number of fused-ring (bicyclic) bond motifs is 1. The highest BCUT2D eigenvalue weighted by Gasteiger charge is 2.19. The van der Waals surface area contributed by atoms with Crippen molar-refractivity contribution >= 4 is 11.6 Å². The van der Waals surface area contributed by atoms with E-state index < -0.39 is 11.6 Å². The Morgan fingerprint density at radius 1 is 1.14 bits per heavy atom. The van der Waals surface area contributed by atoms with Gasteiger partial charge in [-0.2, -0.15) is 0 Å². The first-order valence-corrected chi connectivity index (χ1v) is 6.65. The van der Waals surface area contributed by atoms with E-state index >= 15 is 0 Å². The summed E-state index contributed by atoms with van der Waals surface area (Å²) in [5.74, 6) is -1.77. The third kappa shape index (κ3) is 2.78. The van der Waals surface area contributed by atoms with Crippen LogP contribution in [-0.4, -0.2) is 5.91 Å². The average Bonchev–Trinajstić information content (AvgIpc) is 2.82. The summed E-state index contributed by atoms with van der Waals surface area (Å²) in [4.78, 5) is 11.3. The quantitative estimate of drug-likeness (QED) is 0.912. The summed E-state index contributed by atoms with van der Waals surface area (Å²) in [6.45, 7) is 0. The molecule has 1 atom stereocenters. The van der Waals surface area contributed by atoms with E-state index in [1.165, 1.54) is 6.07 Å². The molecular formula is C16H14F2N2O. The van der Waals surface area contributed by atoms with Crippen LogP contribution in [0.1, 0.15) is 22.7 Å². The molecule has 1 aliphatic rings. The number of carbonyl (C=O) groups is 1. The Labute approximate surface area is 120 Å². The number of carbonyl (C=O) groups excluding carboxylic acids is 1. The first-order valence-electron chi connectivity index (χ1n) is 6.65. The third-order valence-corrected chi connectivity index (χ3v) is 3.62. The molecule has 2 aromatic carbocycles.